The molecule has 1 aromatic rings. The number of nitrogens with one attached hydrogen (secondary N) is 1. The second-order valence-electron chi connectivity index (χ2n) is 5.89. The van der Waals surface area contributed by atoms with Crippen molar-refractivity contribution in [3.05, 3.63) is 35.1 Å². The van der Waals surface area contributed by atoms with Gasteiger partial charge in [-0.25, -0.2) is 4.39 Å². The van der Waals surface area contributed by atoms with Crippen LogP contribution in [0.5, 0.6) is 0 Å². The van der Waals surface area contributed by atoms with Crippen LogP contribution in [0.1, 0.15) is 49.3 Å². The topological polar surface area (TPSA) is 15.3 Å². The maximum atomic E-state index is 13.7. The van der Waals surface area contributed by atoms with E-state index in [-0.39, 0.29) is 11.9 Å². The van der Waals surface area contributed by atoms with Gasteiger partial charge < -0.3 is 10.2 Å². The Labute approximate surface area is 122 Å². The van der Waals surface area contributed by atoms with Crippen LogP contribution in [0.25, 0.3) is 0 Å². The van der Waals surface area contributed by atoms with Crippen LogP contribution >= 0.6 is 0 Å². The summed E-state index contributed by atoms with van der Waals surface area (Å²) in [6.45, 7) is 5.35. The van der Waals surface area contributed by atoms with Crippen LogP contribution in [0.3, 0.4) is 0 Å². The van der Waals surface area contributed by atoms with Crippen LogP contribution in [0.2, 0.25) is 0 Å². The van der Waals surface area contributed by atoms with Crippen LogP contribution in [0, 0.1) is 12.7 Å². The Morgan fingerprint density at radius 2 is 1.90 bits per heavy atom. The molecule has 112 valence electrons. The number of benzene rings is 1. The van der Waals surface area contributed by atoms with Gasteiger partial charge in [0, 0.05) is 6.04 Å². The van der Waals surface area contributed by atoms with Crippen LogP contribution in [-0.2, 0) is 0 Å². The summed E-state index contributed by atoms with van der Waals surface area (Å²) in [7, 11) is 1.96. The maximum absolute atomic E-state index is 13.7. The molecule has 20 heavy (non-hydrogen) atoms. The van der Waals surface area contributed by atoms with Crippen LogP contribution in [-0.4, -0.2) is 31.6 Å². The summed E-state index contributed by atoms with van der Waals surface area (Å²) in [5.41, 5.74) is 1.78. The molecule has 3 heteroatoms. The molecule has 0 radical (unpaired) electrons. The number of hydrogen-bond acceptors (Lipinski definition) is 2. The number of likely N-dealkylation sites (tertiary alicyclic amines) is 1. The molecule has 1 N–H and O–H groups in total. The van der Waals surface area contributed by atoms with Crippen LogP contribution < -0.4 is 5.32 Å². The molecule has 1 unspecified atom stereocenters. The van der Waals surface area contributed by atoms with Gasteiger partial charge in [-0.05, 0) is 70.1 Å². The summed E-state index contributed by atoms with van der Waals surface area (Å²) in [5, 5.41) is 3.33. The third-order valence-electron chi connectivity index (χ3n) is 4.38. The third kappa shape index (κ3) is 4.29. The van der Waals surface area contributed by atoms with E-state index in [1.165, 1.54) is 38.8 Å². The van der Waals surface area contributed by atoms with Crippen LogP contribution in [0.15, 0.2) is 18.2 Å². The summed E-state index contributed by atoms with van der Waals surface area (Å²) in [6, 6.07) is 5.84. The second-order valence-corrected chi connectivity index (χ2v) is 5.89. The molecule has 1 fully saturated rings. The lowest BCUT2D eigenvalue weighted by Crippen LogP contribution is -2.29. The van der Waals surface area contributed by atoms with Crippen molar-refractivity contribution >= 4 is 0 Å². The summed E-state index contributed by atoms with van der Waals surface area (Å²) in [5.74, 6) is -0.0995. The molecular formula is C17H27FN2. The normalized spacial score (nSPS) is 18.8. The van der Waals surface area contributed by atoms with Gasteiger partial charge in [0.25, 0.3) is 0 Å². The number of halogens is 1. The molecule has 1 aliphatic rings. The first kappa shape index (κ1) is 15.5. The lowest BCUT2D eigenvalue weighted by Gasteiger charge is -2.24. The predicted molar refractivity (Wildman–Crippen MR) is 82.5 cm³/mol. The molecule has 0 amide bonds. The standard InChI is InChI=1S/C17H27FN2/c1-14-7-8-15(13-16(14)18)17(19-2)9-12-20-10-5-3-4-6-11-20/h7-8,13,17,19H,3-6,9-12H2,1-2H3. The Kier molecular flexibility index (Phi) is 5.99. The number of nitrogens with zero attached hydrogens (tertiary/aromatic N) is 1. The van der Waals surface area contributed by atoms with E-state index in [9.17, 15) is 4.39 Å². The van der Waals surface area contributed by atoms with E-state index in [0.717, 1.165) is 24.1 Å². The first-order valence-electron chi connectivity index (χ1n) is 7.86. The first-order valence-corrected chi connectivity index (χ1v) is 7.86. The minimum absolute atomic E-state index is 0.0995. The minimum Gasteiger partial charge on any atom is -0.313 e. The highest BCUT2D eigenvalue weighted by atomic mass is 19.1. The number of hydrogen-bond donors (Lipinski definition) is 1. The molecule has 0 spiro atoms. The van der Waals surface area contributed by atoms with E-state index < -0.39 is 0 Å². The van der Waals surface area contributed by atoms with E-state index in [4.69, 9.17) is 0 Å². The molecule has 1 aliphatic heterocycles. The molecule has 1 atom stereocenters. The second kappa shape index (κ2) is 7.75. The van der Waals surface area contributed by atoms with Gasteiger partial charge >= 0.3 is 0 Å². The fourth-order valence-electron chi connectivity index (χ4n) is 2.97. The maximum Gasteiger partial charge on any atom is 0.126 e. The van der Waals surface area contributed by atoms with Gasteiger partial charge in [-0.3, -0.25) is 0 Å². The summed E-state index contributed by atoms with van der Waals surface area (Å²) >= 11 is 0. The molecule has 2 rings (SSSR count). The largest absolute Gasteiger partial charge is 0.313 e. The fraction of sp³-hybridized carbons (Fsp3) is 0.647. The van der Waals surface area contributed by atoms with E-state index >= 15 is 0 Å². The summed E-state index contributed by atoms with van der Waals surface area (Å²) in [6.07, 6.45) is 6.43. The zero-order valence-electron chi connectivity index (χ0n) is 12.8. The van der Waals surface area contributed by atoms with Gasteiger partial charge in [0.1, 0.15) is 5.82 Å². The zero-order valence-corrected chi connectivity index (χ0v) is 12.8. The van der Waals surface area contributed by atoms with Crippen molar-refractivity contribution in [2.24, 2.45) is 0 Å². The average Bonchev–Trinajstić information content (AvgIpc) is 2.72. The van der Waals surface area contributed by atoms with Gasteiger partial charge in [0.05, 0.1) is 0 Å². The molecule has 1 saturated heterocycles. The van der Waals surface area contributed by atoms with Crippen molar-refractivity contribution in [3.8, 4) is 0 Å². The Hall–Kier alpha value is -0.930. The highest BCUT2D eigenvalue weighted by Crippen LogP contribution is 2.20. The zero-order chi connectivity index (χ0) is 14.4. The number of rotatable bonds is 5. The monoisotopic (exact) mass is 278 g/mol. The van der Waals surface area contributed by atoms with Crippen molar-refractivity contribution in [3.63, 3.8) is 0 Å². The van der Waals surface area contributed by atoms with E-state index in [2.05, 4.69) is 10.2 Å². The Morgan fingerprint density at radius 3 is 2.50 bits per heavy atom. The van der Waals surface area contributed by atoms with E-state index in [1.54, 1.807) is 6.07 Å². The minimum atomic E-state index is -0.0995. The lowest BCUT2D eigenvalue weighted by atomic mass is 10.0. The quantitative estimate of drug-likeness (QED) is 0.884. The molecule has 0 bridgehead atoms. The van der Waals surface area contributed by atoms with E-state index in [0.29, 0.717) is 0 Å². The third-order valence-corrected chi connectivity index (χ3v) is 4.38. The average molecular weight is 278 g/mol. The summed E-state index contributed by atoms with van der Waals surface area (Å²) < 4.78 is 13.7. The Morgan fingerprint density at radius 1 is 1.20 bits per heavy atom. The van der Waals surface area contributed by atoms with Crippen LogP contribution in [0.4, 0.5) is 4.39 Å². The fourth-order valence-corrected chi connectivity index (χ4v) is 2.97. The van der Waals surface area contributed by atoms with Crippen molar-refractivity contribution in [1.82, 2.24) is 10.2 Å². The SMILES string of the molecule is CNC(CCN1CCCCCC1)c1ccc(C)c(F)c1. The van der Waals surface area contributed by atoms with Gasteiger partial charge in [0.15, 0.2) is 0 Å². The first-order chi connectivity index (χ1) is 9.70. The molecule has 0 saturated carbocycles. The predicted octanol–water partition coefficient (Wildman–Crippen LogP) is 3.66. The molecule has 1 heterocycles. The van der Waals surface area contributed by atoms with Crippen molar-refractivity contribution < 1.29 is 4.39 Å². The molecule has 1 aromatic carbocycles. The highest BCUT2D eigenvalue weighted by molar-refractivity contribution is 5.25. The van der Waals surface area contributed by atoms with Crippen molar-refractivity contribution in [2.75, 3.05) is 26.7 Å². The molecule has 0 aromatic heterocycles. The van der Waals surface area contributed by atoms with Gasteiger partial charge in [-0.1, -0.05) is 25.0 Å². The molecule has 0 aliphatic carbocycles. The van der Waals surface area contributed by atoms with Gasteiger partial charge in [0.2, 0.25) is 0 Å². The number of aryl methyl sites for hydroxylation is 1. The van der Waals surface area contributed by atoms with Gasteiger partial charge in [-0.2, -0.15) is 0 Å². The smallest absolute Gasteiger partial charge is 0.126 e. The summed E-state index contributed by atoms with van der Waals surface area (Å²) in [4.78, 5) is 2.56. The van der Waals surface area contributed by atoms with Crippen molar-refractivity contribution in [2.45, 2.75) is 45.1 Å². The van der Waals surface area contributed by atoms with Crippen molar-refractivity contribution in [1.29, 1.82) is 0 Å². The highest BCUT2D eigenvalue weighted by Gasteiger charge is 2.14. The molecule has 2 nitrogen and oxygen atoms in total. The Balaban J connectivity index is 1.92. The Bertz CT molecular complexity index is 411. The molecular weight excluding hydrogens is 251 g/mol. The van der Waals surface area contributed by atoms with Gasteiger partial charge in [-0.15, -0.1) is 0 Å². The van der Waals surface area contributed by atoms with E-state index in [1.807, 2.05) is 26.1 Å². The lowest BCUT2D eigenvalue weighted by molar-refractivity contribution is 0.268.